The normalized spacial score (nSPS) is 12.9. The van der Waals surface area contributed by atoms with Gasteiger partial charge in [-0.3, -0.25) is 0 Å². The summed E-state index contributed by atoms with van der Waals surface area (Å²) in [5, 5.41) is 15.5. The van der Waals surface area contributed by atoms with Gasteiger partial charge in [-0.2, -0.15) is 0 Å². The van der Waals surface area contributed by atoms with Crippen molar-refractivity contribution in [3.63, 3.8) is 0 Å². The van der Waals surface area contributed by atoms with Gasteiger partial charge in [0.05, 0.1) is 0 Å². The van der Waals surface area contributed by atoms with E-state index in [4.69, 9.17) is 0 Å². The molecule has 0 saturated heterocycles. The highest BCUT2D eigenvalue weighted by molar-refractivity contribution is 5.89. The van der Waals surface area contributed by atoms with Gasteiger partial charge in [0.15, 0.2) is 0 Å². The number of phenols is 1. The van der Waals surface area contributed by atoms with Crippen molar-refractivity contribution in [2.45, 2.75) is 19.9 Å². The smallest absolute Gasteiger partial charge is 0.128 e. The Morgan fingerprint density at radius 2 is 1.94 bits per heavy atom. The number of hydrogen-bond donors (Lipinski definition) is 2. The Bertz CT molecular complexity index is 493. The summed E-state index contributed by atoms with van der Waals surface area (Å²) in [6.07, 6.45) is 0. The van der Waals surface area contributed by atoms with Crippen LogP contribution in [0.2, 0.25) is 0 Å². The van der Waals surface area contributed by atoms with Crippen LogP contribution in [0, 0.1) is 0 Å². The molecule has 0 bridgehead atoms. The third-order valence-corrected chi connectivity index (χ3v) is 2.91. The summed E-state index contributed by atoms with van der Waals surface area (Å²) in [5.41, 5.74) is 0.959. The number of rotatable bonds is 3. The minimum Gasteiger partial charge on any atom is -0.507 e. The number of aromatic hydroxyl groups is 1. The molecule has 0 amide bonds. The van der Waals surface area contributed by atoms with Gasteiger partial charge in [-0.05, 0) is 18.9 Å². The van der Waals surface area contributed by atoms with Crippen LogP contribution in [0.15, 0.2) is 36.4 Å². The highest BCUT2D eigenvalue weighted by Crippen LogP contribution is 2.32. The number of nitrogens with one attached hydrogen (secondary N) is 1. The Hall–Kier alpha value is -1.54. The summed E-state index contributed by atoms with van der Waals surface area (Å²) in [6, 6.07) is 12.1. The van der Waals surface area contributed by atoms with E-state index in [1.165, 1.54) is 0 Å². The molecule has 2 aromatic carbocycles. The summed E-state index contributed by atoms with van der Waals surface area (Å²) < 4.78 is 0. The van der Waals surface area contributed by atoms with Crippen LogP contribution in [-0.2, 0) is 0 Å². The maximum absolute atomic E-state index is 10.2. The van der Waals surface area contributed by atoms with Gasteiger partial charge >= 0.3 is 0 Å². The molecule has 2 N–H and O–H groups in total. The van der Waals surface area contributed by atoms with Crippen LogP contribution < -0.4 is 5.32 Å². The summed E-state index contributed by atoms with van der Waals surface area (Å²) >= 11 is 0. The maximum Gasteiger partial charge on any atom is 0.128 e. The molecule has 0 aliphatic rings. The molecular formula is C14H17NO. The van der Waals surface area contributed by atoms with Crippen LogP contribution in [0.5, 0.6) is 5.75 Å². The van der Waals surface area contributed by atoms with Crippen molar-refractivity contribution >= 4 is 10.8 Å². The predicted molar refractivity (Wildman–Crippen MR) is 67.7 cm³/mol. The number of benzene rings is 2. The van der Waals surface area contributed by atoms with Crippen molar-refractivity contribution in [3.05, 3.63) is 42.0 Å². The molecule has 0 fully saturated rings. The largest absolute Gasteiger partial charge is 0.507 e. The molecule has 0 saturated carbocycles. The van der Waals surface area contributed by atoms with E-state index >= 15 is 0 Å². The second-order valence-corrected chi connectivity index (χ2v) is 4.00. The zero-order valence-electron chi connectivity index (χ0n) is 9.70. The van der Waals surface area contributed by atoms with E-state index < -0.39 is 0 Å². The quantitative estimate of drug-likeness (QED) is 0.824. The van der Waals surface area contributed by atoms with Crippen LogP contribution >= 0.6 is 0 Å². The Morgan fingerprint density at radius 1 is 1.19 bits per heavy atom. The van der Waals surface area contributed by atoms with Gasteiger partial charge in [0.25, 0.3) is 0 Å². The highest BCUT2D eigenvalue weighted by atomic mass is 16.3. The number of fused-ring (bicyclic) bond motifs is 1. The van der Waals surface area contributed by atoms with Gasteiger partial charge in [0.1, 0.15) is 5.75 Å². The van der Waals surface area contributed by atoms with Crippen LogP contribution in [-0.4, -0.2) is 11.7 Å². The van der Waals surface area contributed by atoms with E-state index in [2.05, 4.69) is 25.2 Å². The van der Waals surface area contributed by atoms with Crippen molar-refractivity contribution in [3.8, 4) is 5.75 Å². The average molecular weight is 215 g/mol. The van der Waals surface area contributed by atoms with Crippen molar-refractivity contribution in [1.29, 1.82) is 0 Å². The zero-order chi connectivity index (χ0) is 11.5. The van der Waals surface area contributed by atoms with Gasteiger partial charge in [-0.1, -0.05) is 43.3 Å². The Labute approximate surface area is 95.9 Å². The summed E-state index contributed by atoms with van der Waals surface area (Å²) in [5.74, 6) is 0.395. The minimum absolute atomic E-state index is 0.176. The van der Waals surface area contributed by atoms with Crippen molar-refractivity contribution in [1.82, 2.24) is 5.32 Å². The minimum atomic E-state index is 0.176. The van der Waals surface area contributed by atoms with Gasteiger partial charge in [-0.15, -0.1) is 0 Å². The highest BCUT2D eigenvalue weighted by Gasteiger charge is 2.11. The SMILES string of the molecule is CCNC(C)c1ccc2ccccc2c1O. The third-order valence-electron chi connectivity index (χ3n) is 2.91. The Morgan fingerprint density at radius 3 is 2.69 bits per heavy atom. The number of phenolic OH excluding ortho intramolecular Hbond substituents is 1. The molecule has 2 heteroatoms. The van der Waals surface area contributed by atoms with Crippen molar-refractivity contribution in [2.24, 2.45) is 0 Å². The van der Waals surface area contributed by atoms with Crippen LogP contribution in [0.25, 0.3) is 10.8 Å². The molecular weight excluding hydrogens is 198 g/mol. The van der Waals surface area contributed by atoms with E-state index in [0.29, 0.717) is 5.75 Å². The van der Waals surface area contributed by atoms with Crippen LogP contribution in [0.1, 0.15) is 25.5 Å². The van der Waals surface area contributed by atoms with Crippen LogP contribution in [0.4, 0.5) is 0 Å². The zero-order valence-corrected chi connectivity index (χ0v) is 9.70. The molecule has 1 unspecified atom stereocenters. The van der Waals surface area contributed by atoms with Gasteiger partial charge in [-0.25, -0.2) is 0 Å². The second-order valence-electron chi connectivity index (χ2n) is 4.00. The van der Waals surface area contributed by atoms with E-state index in [9.17, 15) is 5.11 Å². The standard InChI is InChI=1S/C14H17NO/c1-3-15-10(2)12-9-8-11-6-4-5-7-13(11)14(12)16/h4-10,15-16H,3H2,1-2H3. The molecule has 0 radical (unpaired) electrons. The molecule has 0 heterocycles. The first kappa shape index (κ1) is 11.0. The molecule has 0 aliphatic heterocycles. The molecule has 84 valence electrons. The van der Waals surface area contributed by atoms with Crippen molar-refractivity contribution in [2.75, 3.05) is 6.54 Å². The molecule has 2 aromatic rings. The van der Waals surface area contributed by atoms with E-state index in [0.717, 1.165) is 22.9 Å². The van der Waals surface area contributed by atoms with E-state index in [1.54, 1.807) is 0 Å². The lowest BCUT2D eigenvalue weighted by molar-refractivity contribution is 0.461. The fraction of sp³-hybridized carbons (Fsp3) is 0.286. The topological polar surface area (TPSA) is 32.3 Å². The monoisotopic (exact) mass is 215 g/mol. The van der Waals surface area contributed by atoms with Gasteiger partial charge in [0, 0.05) is 17.0 Å². The molecule has 16 heavy (non-hydrogen) atoms. The fourth-order valence-corrected chi connectivity index (χ4v) is 2.04. The lowest BCUT2D eigenvalue weighted by atomic mass is 10.0. The van der Waals surface area contributed by atoms with E-state index in [-0.39, 0.29) is 6.04 Å². The third kappa shape index (κ3) is 1.89. The molecule has 0 aliphatic carbocycles. The molecule has 0 spiro atoms. The van der Waals surface area contributed by atoms with Gasteiger partial charge in [0.2, 0.25) is 0 Å². The molecule has 2 nitrogen and oxygen atoms in total. The first-order valence-electron chi connectivity index (χ1n) is 5.68. The van der Waals surface area contributed by atoms with E-state index in [1.807, 2.05) is 30.3 Å². The predicted octanol–water partition coefficient (Wildman–Crippen LogP) is 3.22. The lowest BCUT2D eigenvalue weighted by Gasteiger charge is -2.15. The summed E-state index contributed by atoms with van der Waals surface area (Å²) in [4.78, 5) is 0. The Balaban J connectivity index is 2.52. The average Bonchev–Trinajstić information content (AvgIpc) is 2.30. The lowest BCUT2D eigenvalue weighted by Crippen LogP contribution is -2.17. The summed E-state index contributed by atoms with van der Waals surface area (Å²) in [7, 11) is 0. The second kappa shape index (κ2) is 4.54. The molecule has 1 atom stereocenters. The molecule has 2 rings (SSSR count). The van der Waals surface area contributed by atoms with Crippen molar-refractivity contribution < 1.29 is 5.11 Å². The summed E-state index contributed by atoms with van der Waals surface area (Å²) in [6.45, 7) is 5.02. The number of hydrogen-bond acceptors (Lipinski definition) is 2. The van der Waals surface area contributed by atoms with Gasteiger partial charge < -0.3 is 10.4 Å². The van der Waals surface area contributed by atoms with Crippen LogP contribution in [0.3, 0.4) is 0 Å². The fourth-order valence-electron chi connectivity index (χ4n) is 2.04. The molecule has 0 aromatic heterocycles. The maximum atomic E-state index is 10.2. The Kier molecular flexibility index (Phi) is 3.11. The first-order chi connectivity index (χ1) is 7.74. The first-order valence-corrected chi connectivity index (χ1v) is 5.68.